The second-order valence-corrected chi connectivity index (χ2v) is 8.94. The Labute approximate surface area is 175 Å². The van der Waals surface area contributed by atoms with Crippen molar-refractivity contribution in [2.75, 3.05) is 42.9 Å². The number of hydrogen-bond donors (Lipinski definition) is 2. The second kappa shape index (κ2) is 8.10. The van der Waals surface area contributed by atoms with Gasteiger partial charge in [0, 0.05) is 36.6 Å². The number of rotatable bonds is 5. The summed E-state index contributed by atoms with van der Waals surface area (Å²) in [5, 5.41) is 5.50. The SMILES string of the molecule is COc1ccc(NS(=O)(=O)c2ccc3c(Cl)cccc3c2)cc1N1CCNCC1. The van der Waals surface area contributed by atoms with E-state index >= 15 is 0 Å². The highest BCUT2D eigenvalue weighted by atomic mass is 35.5. The minimum absolute atomic E-state index is 0.187. The molecule has 1 heterocycles. The Bertz CT molecular complexity index is 1150. The van der Waals surface area contributed by atoms with E-state index in [-0.39, 0.29) is 4.90 Å². The van der Waals surface area contributed by atoms with Gasteiger partial charge in [0.05, 0.1) is 23.4 Å². The van der Waals surface area contributed by atoms with E-state index in [2.05, 4.69) is 14.9 Å². The number of piperazine rings is 1. The number of nitrogens with one attached hydrogen (secondary N) is 2. The van der Waals surface area contributed by atoms with Gasteiger partial charge < -0.3 is 15.0 Å². The van der Waals surface area contributed by atoms with E-state index in [1.165, 1.54) is 0 Å². The fourth-order valence-electron chi connectivity index (χ4n) is 3.51. The molecule has 0 spiro atoms. The van der Waals surface area contributed by atoms with Gasteiger partial charge in [0.15, 0.2) is 0 Å². The third kappa shape index (κ3) is 4.12. The average Bonchev–Trinajstić information content (AvgIpc) is 2.74. The van der Waals surface area contributed by atoms with E-state index in [4.69, 9.17) is 16.3 Å². The van der Waals surface area contributed by atoms with E-state index in [9.17, 15) is 8.42 Å². The molecular formula is C21H22ClN3O3S. The average molecular weight is 432 g/mol. The Morgan fingerprint density at radius 1 is 1.07 bits per heavy atom. The molecule has 1 aliphatic heterocycles. The molecule has 0 unspecified atom stereocenters. The molecule has 1 fully saturated rings. The first-order chi connectivity index (χ1) is 14.0. The molecule has 6 nitrogen and oxygen atoms in total. The Kier molecular flexibility index (Phi) is 5.54. The van der Waals surface area contributed by atoms with Crippen molar-refractivity contribution in [2.24, 2.45) is 0 Å². The summed E-state index contributed by atoms with van der Waals surface area (Å²) in [5.41, 5.74) is 1.37. The Morgan fingerprint density at radius 2 is 1.86 bits per heavy atom. The van der Waals surface area contributed by atoms with Crippen LogP contribution in [-0.4, -0.2) is 41.7 Å². The molecule has 0 radical (unpaired) electrons. The Morgan fingerprint density at radius 3 is 2.62 bits per heavy atom. The van der Waals surface area contributed by atoms with Gasteiger partial charge in [0.25, 0.3) is 10.0 Å². The van der Waals surface area contributed by atoms with Crippen LogP contribution in [0.15, 0.2) is 59.5 Å². The van der Waals surface area contributed by atoms with Crippen LogP contribution in [0.25, 0.3) is 10.8 Å². The highest BCUT2D eigenvalue weighted by Gasteiger charge is 2.19. The molecule has 1 saturated heterocycles. The van der Waals surface area contributed by atoms with Gasteiger partial charge in [-0.15, -0.1) is 0 Å². The highest BCUT2D eigenvalue weighted by molar-refractivity contribution is 7.92. The van der Waals surface area contributed by atoms with Crippen LogP contribution >= 0.6 is 11.6 Å². The van der Waals surface area contributed by atoms with Crippen LogP contribution < -0.4 is 19.7 Å². The lowest BCUT2D eigenvalue weighted by Crippen LogP contribution is -2.43. The summed E-state index contributed by atoms with van der Waals surface area (Å²) in [6.07, 6.45) is 0. The van der Waals surface area contributed by atoms with Gasteiger partial charge in [-0.2, -0.15) is 0 Å². The molecule has 29 heavy (non-hydrogen) atoms. The zero-order valence-electron chi connectivity index (χ0n) is 16.0. The summed E-state index contributed by atoms with van der Waals surface area (Å²) in [6, 6.07) is 15.7. The maximum Gasteiger partial charge on any atom is 0.261 e. The van der Waals surface area contributed by atoms with Crippen LogP contribution in [0, 0.1) is 0 Å². The third-order valence-electron chi connectivity index (χ3n) is 5.00. The number of methoxy groups -OCH3 is 1. The second-order valence-electron chi connectivity index (χ2n) is 6.85. The van der Waals surface area contributed by atoms with E-state index in [0.717, 1.165) is 48.4 Å². The highest BCUT2D eigenvalue weighted by Crippen LogP contribution is 2.33. The number of sulfonamides is 1. The number of halogens is 1. The van der Waals surface area contributed by atoms with Crippen molar-refractivity contribution in [3.8, 4) is 5.75 Å². The number of anilines is 2. The van der Waals surface area contributed by atoms with Crippen LogP contribution in [0.4, 0.5) is 11.4 Å². The van der Waals surface area contributed by atoms with Gasteiger partial charge in [-0.25, -0.2) is 8.42 Å². The number of nitrogens with zero attached hydrogens (tertiary/aromatic N) is 1. The molecule has 0 aliphatic carbocycles. The van der Waals surface area contributed by atoms with Gasteiger partial charge in [-0.05, 0) is 41.8 Å². The van der Waals surface area contributed by atoms with Gasteiger partial charge in [0.1, 0.15) is 5.75 Å². The molecule has 0 aromatic heterocycles. The lowest BCUT2D eigenvalue weighted by molar-refractivity contribution is 0.413. The van der Waals surface area contributed by atoms with Crippen molar-refractivity contribution in [2.45, 2.75) is 4.90 Å². The molecule has 0 saturated carbocycles. The monoisotopic (exact) mass is 431 g/mol. The van der Waals surface area contributed by atoms with Gasteiger partial charge in [0.2, 0.25) is 0 Å². The first kappa shape index (κ1) is 19.8. The molecule has 0 atom stereocenters. The van der Waals surface area contributed by atoms with Crippen molar-refractivity contribution in [1.29, 1.82) is 0 Å². The number of hydrogen-bond acceptors (Lipinski definition) is 5. The summed E-state index contributed by atoms with van der Waals surface area (Å²) >= 11 is 6.19. The minimum Gasteiger partial charge on any atom is -0.495 e. The summed E-state index contributed by atoms with van der Waals surface area (Å²) in [5.74, 6) is 0.718. The Hall–Kier alpha value is -2.48. The van der Waals surface area contributed by atoms with Crippen LogP contribution in [0.1, 0.15) is 0 Å². The standard InChI is InChI=1S/C21H22ClN3O3S/c1-28-21-8-5-16(14-20(21)25-11-9-23-10-12-25)24-29(26,27)17-6-7-18-15(13-17)3-2-4-19(18)22/h2-8,13-14,23-24H,9-12H2,1H3. The quantitative estimate of drug-likeness (QED) is 0.644. The van der Waals surface area contributed by atoms with E-state index in [1.54, 1.807) is 49.6 Å². The van der Waals surface area contributed by atoms with Crippen LogP contribution in [0.2, 0.25) is 5.02 Å². The van der Waals surface area contributed by atoms with Crippen LogP contribution in [0.5, 0.6) is 5.75 Å². The first-order valence-corrected chi connectivity index (χ1v) is 11.2. The lowest BCUT2D eigenvalue weighted by atomic mass is 10.1. The summed E-state index contributed by atoms with van der Waals surface area (Å²) in [6.45, 7) is 3.41. The molecule has 8 heteroatoms. The number of benzene rings is 3. The first-order valence-electron chi connectivity index (χ1n) is 9.33. The summed E-state index contributed by atoms with van der Waals surface area (Å²) < 4.78 is 34.1. The molecule has 0 bridgehead atoms. The lowest BCUT2D eigenvalue weighted by Gasteiger charge is -2.31. The Balaban J connectivity index is 1.65. The van der Waals surface area contributed by atoms with Crippen molar-refractivity contribution in [3.05, 3.63) is 59.6 Å². The largest absolute Gasteiger partial charge is 0.495 e. The van der Waals surface area contributed by atoms with Crippen molar-refractivity contribution < 1.29 is 13.2 Å². The maximum absolute atomic E-state index is 13.0. The number of fused-ring (bicyclic) bond motifs is 1. The zero-order chi connectivity index (χ0) is 20.4. The van der Waals surface area contributed by atoms with E-state index < -0.39 is 10.0 Å². The molecule has 1 aliphatic rings. The molecular weight excluding hydrogens is 410 g/mol. The van der Waals surface area contributed by atoms with E-state index in [0.29, 0.717) is 10.7 Å². The van der Waals surface area contributed by atoms with Crippen LogP contribution in [-0.2, 0) is 10.0 Å². The normalized spacial score (nSPS) is 14.8. The maximum atomic E-state index is 13.0. The van der Waals surface area contributed by atoms with Crippen molar-refractivity contribution in [1.82, 2.24) is 5.32 Å². The molecule has 4 rings (SSSR count). The summed E-state index contributed by atoms with van der Waals surface area (Å²) in [7, 11) is -2.13. The fraction of sp³-hybridized carbons (Fsp3) is 0.238. The predicted octanol–water partition coefficient (Wildman–Crippen LogP) is 3.71. The third-order valence-corrected chi connectivity index (χ3v) is 6.71. The molecule has 3 aromatic carbocycles. The van der Waals surface area contributed by atoms with Gasteiger partial charge in [-0.3, -0.25) is 4.72 Å². The summed E-state index contributed by atoms with van der Waals surface area (Å²) in [4.78, 5) is 2.37. The smallest absolute Gasteiger partial charge is 0.261 e. The van der Waals surface area contributed by atoms with Gasteiger partial charge in [-0.1, -0.05) is 29.8 Å². The minimum atomic E-state index is -3.75. The molecule has 2 N–H and O–H groups in total. The molecule has 152 valence electrons. The van der Waals surface area contributed by atoms with E-state index in [1.807, 2.05) is 12.1 Å². The van der Waals surface area contributed by atoms with Crippen molar-refractivity contribution in [3.63, 3.8) is 0 Å². The van der Waals surface area contributed by atoms with Crippen LogP contribution in [0.3, 0.4) is 0 Å². The molecule has 0 amide bonds. The zero-order valence-corrected chi connectivity index (χ0v) is 17.6. The molecule has 3 aromatic rings. The predicted molar refractivity (Wildman–Crippen MR) is 118 cm³/mol. The van der Waals surface area contributed by atoms with Gasteiger partial charge >= 0.3 is 0 Å². The fourth-order valence-corrected chi connectivity index (χ4v) is 4.84. The van der Waals surface area contributed by atoms with Crippen molar-refractivity contribution >= 4 is 43.8 Å². The topological polar surface area (TPSA) is 70.7 Å². The number of ether oxygens (including phenoxy) is 1.